The summed E-state index contributed by atoms with van der Waals surface area (Å²) < 4.78 is 39.5. The second kappa shape index (κ2) is 4.35. The third-order valence-corrected chi connectivity index (χ3v) is 3.32. The van der Waals surface area contributed by atoms with Gasteiger partial charge in [-0.25, -0.2) is 0 Å². The topological polar surface area (TPSA) is 17.8 Å². The Balaban J connectivity index is 2.38. The molecular formula is C12H17F3N2. The molecule has 96 valence electrons. The fourth-order valence-electron chi connectivity index (χ4n) is 2.49. The SMILES string of the molecule is CC(C)n1nc(C(F)(F)F)cc1C1CCCC1. The van der Waals surface area contributed by atoms with Crippen LogP contribution in [-0.2, 0) is 6.18 Å². The highest BCUT2D eigenvalue weighted by molar-refractivity contribution is 5.18. The van der Waals surface area contributed by atoms with Crippen LogP contribution in [0.1, 0.15) is 62.9 Å². The molecule has 0 unspecified atom stereocenters. The van der Waals surface area contributed by atoms with E-state index in [0.717, 1.165) is 31.4 Å². The van der Waals surface area contributed by atoms with Crippen molar-refractivity contribution in [1.82, 2.24) is 9.78 Å². The first kappa shape index (κ1) is 12.5. The fraction of sp³-hybridized carbons (Fsp3) is 0.750. The summed E-state index contributed by atoms with van der Waals surface area (Å²) in [5, 5.41) is 3.72. The van der Waals surface area contributed by atoms with Gasteiger partial charge in [0, 0.05) is 17.7 Å². The number of halogens is 3. The van der Waals surface area contributed by atoms with Crippen LogP contribution in [0.2, 0.25) is 0 Å². The zero-order valence-corrected chi connectivity index (χ0v) is 10.1. The number of hydrogen-bond acceptors (Lipinski definition) is 1. The summed E-state index contributed by atoms with van der Waals surface area (Å²) in [6.07, 6.45) is -0.163. The van der Waals surface area contributed by atoms with Crippen LogP contribution in [0.3, 0.4) is 0 Å². The van der Waals surface area contributed by atoms with Crippen molar-refractivity contribution in [1.29, 1.82) is 0 Å². The van der Waals surface area contributed by atoms with Gasteiger partial charge in [-0.1, -0.05) is 12.8 Å². The molecule has 0 bridgehead atoms. The molecule has 0 aliphatic heterocycles. The third-order valence-electron chi connectivity index (χ3n) is 3.32. The average molecular weight is 246 g/mol. The summed E-state index contributed by atoms with van der Waals surface area (Å²) in [7, 11) is 0. The van der Waals surface area contributed by atoms with Crippen LogP contribution < -0.4 is 0 Å². The van der Waals surface area contributed by atoms with E-state index in [1.54, 1.807) is 4.68 Å². The van der Waals surface area contributed by atoms with E-state index in [0.29, 0.717) is 0 Å². The molecule has 17 heavy (non-hydrogen) atoms. The van der Waals surface area contributed by atoms with Crippen LogP contribution in [0.15, 0.2) is 6.07 Å². The standard InChI is InChI=1S/C12H17F3N2/c1-8(2)17-10(9-5-3-4-6-9)7-11(16-17)12(13,14)15/h7-9H,3-6H2,1-2H3. The molecule has 0 saturated heterocycles. The van der Waals surface area contributed by atoms with E-state index in [1.807, 2.05) is 13.8 Å². The minimum absolute atomic E-state index is 0.0262. The van der Waals surface area contributed by atoms with Gasteiger partial charge in [-0.15, -0.1) is 0 Å². The molecule has 0 spiro atoms. The maximum atomic E-state index is 12.7. The molecule has 1 aromatic heterocycles. The van der Waals surface area contributed by atoms with Gasteiger partial charge in [0.15, 0.2) is 5.69 Å². The van der Waals surface area contributed by atoms with Crippen molar-refractivity contribution >= 4 is 0 Å². The number of hydrogen-bond donors (Lipinski definition) is 0. The van der Waals surface area contributed by atoms with Gasteiger partial charge < -0.3 is 0 Å². The summed E-state index contributed by atoms with van der Waals surface area (Å²) in [5.41, 5.74) is -0.00192. The quantitative estimate of drug-likeness (QED) is 0.766. The summed E-state index contributed by atoms with van der Waals surface area (Å²) in [5.74, 6) is 0.251. The molecule has 1 aromatic rings. The van der Waals surface area contributed by atoms with Gasteiger partial charge in [-0.05, 0) is 32.8 Å². The number of nitrogens with zero attached hydrogens (tertiary/aromatic N) is 2. The van der Waals surface area contributed by atoms with E-state index < -0.39 is 11.9 Å². The highest BCUT2D eigenvalue weighted by Gasteiger charge is 2.36. The lowest BCUT2D eigenvalue weighted by Gasteiger charge is -2.15. The first-order valence-electron chi connectivity index (χ1n) is 6.06. The van der Waals surface area contributed by atoms with Crippen molar-refractivity contribution in [2.75, 3.05) is 0 Å². The van der Waals surface area contributed by atoms with E-state index in [9.17, 15) is 13.2 Å². The van der Waals surface area contributed by atoms with Crippen LogP contribution >= 0.6 is 0 Å². The Morgan fingerprint density at radius 2 is 1.88 bits per heavy atom. The average Bonchev–Trinajstić information content (AvgIpc) is 2.85. The van der Waals surface area contributed by atoms with Gasteiger partial charge in [-0.2, -0.15) is 18.3 Å². The Morgan fingerprint density at radius 1 is 1.29 bits per heavy atom. The Hall–Kier alpha value is -1.00. The summed E-state index contributed by atoms with van der Waals surface area (Å²) in [6.45, 7) is 3.73. The van der Waals surface area contributed by atoms with Gasteiger partial charge in [0.25, 0.3) is 0 Å². The maximum Gasteiger partial charge on any atom is 0.435 e. The van der Waals surface area contributed by atoms with Gasteiger partial charge in [0.05, 0.1) is 0 Å². The number of alkyl halides is 3. The fourth-order valence-corrected chi connectivity index (χ4v) is 2.49. The predicted octanol–water partition coefficient (Wildman–Crippen LogP) is 4.14. The lowest BCUT2D eigenvalue weighted by molar-refractivity contribution is -0.141. The smallest absolute Gasteiger partial charge is 0.266 e. The third kappa shape index (κ3) is 2.48. The zero-order chi connectivity index (χ0) is 12.6. The largest absolute Gasteiger partial charge is 0.435 e. The van der Waals surface area contributed by atoms with Crippen LogP contribution in [0.25, 0.3) is 0 Å². The monoisotopic (exact) mass is 246 g/mol. The molecule has 1 heterocycles. The Morgan fingerprint density at radius 3 is 2.35 bits per heavy atom. The molecule has 1 fully saturated rings. The second-order valence-electron chi connectivity index (χ2n) is 4.97. The molecule has 0 radical (unpaired) electrons. The van der Waals surface area contributed by atoms with Crippen molar-refractivity contribution in [3.63, 3.8) is 0 Å². The molecule has 2 rings (SSSR count). The predicted molar refractivity (Wildman–Crippen MR) is 58.8 cm³/mol. The number of rotatable bonds is 2. The molecule has 0 amide bonds. The zero-order valence-electron chi connectivity index (χ0n) is 10.1. The molecule has 1 aliphatic carbocycles. The van der Waals surface area contributed by atoms with E-state index in [1.165, 1.54) is 6.07 Å². The van der Waals surface area contributed by atoms with E-state index >= 15 is 0 Å². The van der Waals surface area contributed by atoms with Crippen LogP contribution in [0.4, 0.5) is 13.2 Å². The summed E-state index contributed by atoms with van der Waals surface area (Å²) >= 11 is 0. The summed E-state index contributed by atoms with van der Waals surface area (Å²) in [4.78, 5) is 0. The first-order chi connectivity index (χ1) is 7.89. The summed E-state index contributed by atoms with van der Waals surface area (Å²) in [6, 6.07) is 1.21. The molecule has 0 aromatic carbocycles. The Bertz CT molecular complexity index is 387. The second-order valence-corrected chi connectivity index (χ2v) is 4.97. The molecule has 1 saturated carbocycles. The number of aromatic nitrogens is 2. The molecule has 1 aliphatic rings. The van der Waals surface area contributed by atoms with E-state index in [-0.39, 0.29) is 12.0 Å². The highest BCUT2D eigenvalue weighted by atomic mass is 19.4. The maximum absolute atomic E-state index is 12.7. The molecule has 5 heteroatoms. The lowest BCUT2D eigenvalue weighted by atomic mass is 10.0. The first-order valence-corrected chi connectivity index (χ1v) is 6.06. The van der Waals surface area contributed by atoms with Gasteiger partial charge in [-0.3, -0.25) is 4.68 Å². The molecular weight excluding hydrogens is 229 g/mol. The molecule has 0 atom stereocenters. The highest BCUT2D eigenvalue weighted by Crippen LogP contribution is 2.38. The van der Waals surface area contributed by atoms with Gasteiger partial charge in [0.2, 0.25) is 0 Å². The van der Waals surface area contributed by atoms with Crippen molar-refractivity contribution in [2.24, 2.45) is 0 Å². The Labute approximate surface area is 98.8 Å². The normalized spacial score (nSPS) is 18.2. The van der Waals surface area contributed by atoms with Crippen molar-refractivity contribution in [2.45, 2.75) is 57.7 Å². The van der Waals surface area contributed by atoms with Crippen molar-refractivity contribution in [3.05, 3.63) is 17.5 Å². The molecule has 2 nitrogen and oxygen atoms in total. The van der Waals surface area contributed by atoms with Crippen LogP contribution in [0.5, 0.6) is 0 Å². The molecule has 0 N–H and O–H groups in total. The minimum atomic E-state index is -4.34. The van der Waals surface area contributed by atoms with Gasteiger partial charge >= 0.3 is 6.18 Å². The van der Waals surface area contributed by atoms with E-state index in [4.69, 9.17) is 0 Å². The van der Waals surface area contributed by atoms with Gasteiger partial charge in [0.1, 0.15) is 0 Å². The van der Waals surface area contributed by atoms with Crippen molar-refractivity contribution in [3.8, 4) is 0 Å². The lowest BCUT2D eigenvalue weighted by Crippen LogP contribution is -2.11. The minimum Gasteiger partial charge on any atom is -0.266 e. The van der Waals surface area contributed by atoms with Crippen molar-refractivity contribution < 1.29 is 13.2 Å². The van der Waals surface area contributed by atoms with Crippen LogP contribution in [-0.4, -0.2) is 9.78 Å². The van der Waals surface area contributed by atoms with E-state index in [2.05, 4.69) is 5.10 Å². The Kier molecular flexibility index (Phi) is 3.19. The van der Waals surface area contributed by atoms with Crippen LogP contribution in [0, 0.1) is 0 Å².